The molecule has 0 bridgehead atoms. The topological polar surface area (TPSA) is 103 Å². The fourth-order valence-electron chi connectivity index (χ4n) is 1.91. The van der Waals surface area contributed by atoms with Gasteiger partial charge in [-0.2, -0.15) is 0 Å². The molecule has 0 aliphatic carbocycles. The van der Waals surface area contributed by atoms with Crippen molar-refractivity contribution >= 4 is 17.7 Å². The lowest BCUT2D eigenvalue weighted by atomic mass is 10.1. The van der Waals surface area contributed by atoms with Crippen LogP contribution in [0, 0.1) is 0 Å². The minimum atomic E-state index is -1.09. The van der Waals surface area contributed by atoms with Crippen LogP contribution in [0.25, 0.3) is 0 Å². The van der Waals surface area contributed by atoms with Gasteiger partial charge in [0.15, 0.2) is 0 Å². The van der Waals surface area contributed by atoms with Crippen molar-refractivity contribution in [1.82, 2.24) is 15.6 Å². The molecule has 102 valence electrons. The Morgan fingerprint density at radius 1 is 1.32 bits per heavy atom. The Hall–Kier alpha value is -2.15. The van der Waals surface area contributed by atoms with Crippen molar-refractivity contribution in [3.63, 3.8) is 0 Å². The van der Waals surface area contributed by atoms with Gasteiger partial charge in [0.2, 0.25) is 0 Å². The second-order valence-corrected chi connectivity index (χ2v) is 4.36. The number of piperidine rings is 1. The van der Waals surface area contributed by atoms with E-state index >= 15 is 0 Å². The summed E-state index contributed by atoms with van der Waals surface area (Å²) in [5.74, 6) is -1.09. The van der Waals surface area contributed by atoms with E-state index in [0.717, 1.165) is 25.9 Å². The van der Waals surface area contributed by atoms with E-state index in [9.17, 15) is 9.59 Å². The van der Waals surface area contributed by atoms with Crippen molar-refractivity contribution in [1.29, 1.82) is 0 Å². The smallest absolute Gasteiger partial charge is 0.354 e. The maximum Gasteiger partial charge on any atom is 0.354 e. The first-order valence-corrected chi connectivity index (χ1v) is 6.13. The molecule has 2 rings (SSSR count). The Balaban J connectivity index is 1.85. The van der Waals surface area contributed by atoms with Crippen molar-refractivity contribution < 1.29 is 14.7 Å². The quantitative estimate of drug-likeness (QED) is 0.642. The molecule has 2 amide bonds. The number of rotatable bonds is 3. The number of carbonyl (C=O) groups is 2. The van der Waals surface area contributed by atoms with Gasteiger partial charge in [0, 0.05) is 6.04 Å². The third-order valence-corrected chi connectivity index (χ3v) is 2.91. The van der Waals surface area contributed by atoms with E-state index in [1.165, 1.54) is 18.3 Å². The summed E-state index contributed by atoms with van der Waals surface area (Å²) in [6.45, 7) is 1.81. The molecule has 0 aromatic carbocycles. The number of carboxylic acids is 1. The van der Waals surface area contributed by atoms with E-state index in [1.807, 2.05) is 0 Å². The first-order chi connectivity index (χ1) is 9.15. The van der Waals surface area contributed by atoms with E-state index < -0.39 is 5.97 Å². The number of pyridine rings is 1. The average Bonchev–Trinajstić information content (AvgIpc) is 2.40. The van der Waals surface area contributed by atoms with Gasteiger partial charge >= 0.3 is 12.0 Å². The zero-order chi connectivity index (χ0) is 13.7. The standard InChI is InChI=1S/C12H16N4O3/c17-11(18)10-2-1-9(7-14-10)16-12(19)15-8-3-5-13-6-4-8/h1-2,7-8,13H,3-6H2,(H,17,18)(H2,15,16,19). The Labute approximate surface area is 110 Å². The molecule has 7 heteroatoms. The summed E-state index contributed by atoms with van der Waals surface area (Å²) in [4.78, 5) is 26.1. The monoisotopic (exact) mass is 264 g/mol. The molecule has 1 aromatic heterocycles. The molecule has 0 saturated carbocycles. The number of hydrogen-bond donors (Lipinski definition) is 4. The summed E-state index contributed by atoms with van der Waals surface area (Å²) in [6.07, 6.45) is 3.14. The number of aromatic nitrogens is 1. The van der Waals surface area contributed by atoms with Crippen molar-refractivity contribution in [3.8, 4) is 0 Å². The van der Waals surface area contributed by atoms with Crippen LogP contribution >= 0.6 is 0 Å². The van der Waals surface area contributed by atoms with E-state index in [0.29, 0.717) is 5.69 Å². The van der Waals surface area contributed by atoms with Gasteiger partial charge in [-0.15, -0.1) is 0 Å². The van der Waals surface area contributed by atoms with Gasteiger partial charge in [0.1, 0.15) is 5.69 Å². The van der Waals surface area contributed by atoms with Crippen LogP contribution in [0.4, 0.5) is 10.5 Å². The molecule has 0 spiro atoms. The number of carbonyl (C=O) groups excluding carboxylic acids is 1. The molecule has 1 saturated heterocycles. The number of hydrogen-bond acceptors (Lipinski definition) is 4. The molecule has 1 fully saturated rings. The average molecular weight is 264 g/mol. The zero-order valence-corrected chi connectivity index (χ0v) is 10.3. The minimum absolute atomic E-state index is 0.0516. The van der Waals surface area contributed by atoms with Crippen LogP contribution < -0.4 is 16.0 Å². The lowest BCUT2D eigenvalue weighted by Gasteiger charge is -2.23. The zero-order valence-electron chi connectivity index (χ0n) is 10.3. The Morgan fingerprint density at radius 3 is 2.63 bits per heavy atom. The van der Waals surface area contributed by atoms with Crippen LogP contribution in [-0.4, -0.2) is 41.2 Å². The van der Waals surface area contributed by atoms with Crippen LogP contribution in [0.1, 0.15) is 23.3 Å². The summed E-state index contributed by atoms with van der Waals surface area (Å²) in [6, 6.07) is 2.74. The Morgan fingerprint density at radius 2 is 2.05 bits per heavy atom. The van der Waals surface area contributed by atoms with Crippen molar-refractivity contribution in [2.45, 2.75) is 18.9 Å². The summed E-state index contributed by atoms with van der Waals surface area (Å²) in [5.41, 5.74) is 0.417. The van der Waals surface area contributed by atoms with E-state index in [2.05, 4.69) is 20.9 Å². The van der Waals surface area contributed by atoms with Gasteiger partial charge in [-0.25, -0.2) is 14.6 Å². The van der Waals surface area contributed by atoms with Gasteiger partial charge in [-0.3, -0.25) is 0 Å². The lowest BCUT2D eigenvalue weighted by Crippen LogP contribution is -2.44. The lowest BCUT2D eigenvalue weighted by molar-refractivity contribution is 0.0690. The van der Waals surface area contributed by atoms with Crippen LogP contribution in [0.5, 0.6) is 0 Å². The number of anilines is 1. The highest BCUT2D eigenvalue weighted by Crippen LogP contribution is 2.07. The molecule has 1 aromatic rings. The first kappa shape index (κ1) is 13.3. The predicted molar refractivity (Wildman–Crippen MR) is 69.2 cm³/mol. The number of nitrogens with zero attached hydrogens (tertiary/aromatic N) is 1. The normalized spacial score (nSPS) is 15.8. The van der Waals surface area contributed by atoms with Gasteiger partial charge in [0.25, 0.3) is 0 Å². The van der Waals surface area contributed by atoms with Gasteiger partial charge < -0.3 is 21.1 Å². The summed E-state index contributed by atoms with van der Waals surface area (Å²) in [5, 5.41) is 17.4. The van der Waals surface area contributed by atoms with Crippen LogP contribution in [0.15, 0.2) is 18.3 Å². The van der Waals surface area contributed by atoms with E-state index in [1.54, 1.807) is 0 Å². The molecule has 7 nitrogen and oxygen atoms in total. The van der Waals surface area contributed by atoms with Crippen molar-refractivity contribution in [2.75, 3.05) is 18.4 Å². The largest absolute Gasteiger partial charge is 0.477 e. The summed E-state index contributed by atoms with van der Waals surface area (Å²) < 4.78 is 0. The van der Waals surface area contributed by atoms with E-state index in [-0.39, 0.29) is 17.8 Å². The summed E-state index contributed by atoms with van der Waals surface area (Å²) in [7, 11) is 0. The maximum absolute atomic E-state index is 11.7. The third-order valence-electron chi connectivity index (χ3n) is 2.91. The molecule has 2 heterocycles. The highest BCUT2D eigenvalue weighted by Gasteiger charge is 2.15. The predicted octanol–water partition coefficient (Wildman–Crippen LogP) is 0.653. The number of amides is 2. The molecule has 0 radical (unpaired) electrons. The third kappa shape index (κ3) is 3.92. The fraction of sp³-hybridized carbons (Fsp3) is 0.417. The number of urea groups is 1. The summed E-state index contributed by atoms with van der Waals surface area (Å²) >= 11 is 0. The van der Waals surface area contributed by atoms with Gasteiger partial charge in [0.05, 0.1) is 11.9 Å². The molecule has 19 heavy (non-hydrogen) atoms. The molecule has 0 atom stereocenters. The molecule has 1 aliphatic rings. The van der Waals surface area contributed by atoms with Crippen LogP contribution in [-0.2, 0) is 0 Å². The Bertz CT molecular complexity index is 455. The molecular formula is C12H16N4O3. The second-order valence-electron chi connectivity index (χ2n) is 4.36. The minimum Gasteiger partial charge on any atom is -0.477 e. The highest BCUT2D eigenvalue weighted by atomic mass is 16.4. The van der Waals surface area contributed by atoms with Crippen molar-refractivity contribution in [3.05, 3.63) is 24.0 Å². The second kappa shape index (κ2) is 6.14. The van der Waals surface area contributed by atoms with Crippen LogP contribution in [0.2, 0.25) is 0 Å². The van der Waals surface area contributed by atoms with Crippen LogP contribution in [0.3, 0.4) is 0 Å². The Kier molecular flexibility index (Phi) is 4.30. The number of carboxylic acid groups (broad SMARTS) is 1. The van der Waals surface area contributed by atoms with E-state index in [4.69, 9.17) is 5.11 Å². The molecule has 4 N–H and O–H groups in total. The highest BCUT2D eigenvalue weighted by molar-refractivity contribution is 5.90. The van der Waals surface area contributed by atoms with Gasteiger partial charge in [-0.05, 0) is 38.1 Å². The van der Waals surface area contributed by atoms with Crippen molar-refractivity contribution in [2.24, 2.45) is 0 Å². The van der Waals surface area contributed by atoms with Gasteiger partial charge in [-0.1, -0.05) is 0 Å². The molecule has 0 unspecified atom stereocenters. The fourth-order valence-corrected chi connectivity index (χ4v) is 1.91. The first-order valence-electron chi connectivity index (χ1n) is 6.13. The molecule has 1 aliphatic heterocycles. The maximum atomic E-state index is 11.7. The number of aromatic carboxylic acids is 1. The molecular weight excluding hydrogens is 248 g/mol. The SMILES string of the molecule is O=C(Nc1ccc(C(=O)O)nc1)NC1CCNCC1. The number of nitrogens with one attached hydrogen (secondary N) is 3.